The molecule has 2 aromatic rings. The lowest BCUT2D eigenvalue weighted by atomic mass is 9.81. The van der Waals surface area contributed by atoms with Gasteiger partial charge in [0.15, 0.2) is 0 Å². The highest BCUT2D eigenvalue weighted by molar-refractivity contribution is 5.85. The Balaban J connectivity index is 1.78. The number of nitrogens with one attached hydrogen (secondary N) is 1. The second-order valence-electron chi connectivity index (χ2n) is 5.76. The highest BCUT2D eigenvalue weighted by Gasteiger charge is 2.40. The second-order valence-corrected chi connectivity index (χ2v) is 5.76. The van der Waals surface area contributed by atoms with Crippen molar-refractivity contribution < 1.29 is 4.79 Å². The zero-order chi connectivity index (χ0) is 13.0. The molecule has 2 aromatic carbocycles. The zero-order valence-corrected chi connectivity index (χ0v) is 10.9. The molecule has 0 bridgehead atoms. The first-order chi connectivity index (χ1) is 9.16. The van der Waals surface area contributed by atoms with Gasteiger partial charge in [-0.1, -0.05) is 42.5 Å². The molecule has 1 atom stereocenters. The smallest absolute Gasteiger partial charge is 0.223 e. The third kappa shape index (κ3) is 1.46. The van der Waals surface area contributed by atoms with E-state index in [1.165, 1.54) is 27.8 Å². The number of rotatable bonds is 1. The van der Waals surface area contributed by atoms with Gasteiger partial charge in [-0.2, -0.15) is 0 Å². The number of hydrogen-bond donors (Lipinski definition) is 1. The van der Waals surface area contributed by atoms with Crippen molar-refractivity contribution in [2.75, 3.05) is 0 Å². The number of carbonyl (C=O) groups is 1. The van der Waals surface area contributed by atoms with E-state index in [1.807, 2.05) is 0 Å². The van der Waals surface area contributed by atoms with Gasteiger partial charge in [0, 0.05) is 0 Å². The molecule has 2 nitrogen and oxygen atoms in total. The Hall–Kier alpha value is -2.09. The van der Waals surface area contributed by atoms with Crippen molar-refractivity contribution in [2.45, 2.75) is 25.3 Å². The van der Waals surface area contributed by atoms with E-state index in [9.17, 15) is 4.79 Å². The number of amides is 1. The predicted molar refractivity (Wildman–Crippen MR) is 74.8 cm³/mol. The van der Waals surface area contributed by atoms with Crippen molar-refractivity contribution in [3.05, 3.63) is 59.2 Å². The van der Waals surface area contributed by atoms with Crippen LogP contribution in [0.15, 0.2) is 42.5 Å². The molecule has 1 unspecified atom stereocenters. The highest BCUT2D eigenvalue weighted by atomic mass is 16.2. The van der Waals surface area contributed by atoms with E-state index in [-0.39, 0.29) is 11.4 Å². The van der Waals surface area contributed by atoms with E-state index in [4.69, 9.17) is 0 Å². The van der Waals surface area contributed by atoms with E-state index in [0.29, 0.717) is 6.42 Å². The van der Waals surface area contributed by atoms with Crippen LogP contribution in [0.3, 0.4) is 0 Å². The van der Waals surface area contributed by atoms with Gasteiger partial charge in [-0.15, -0.1) is 0 Å². The Kier molecular flexibility index (Phi) is 1.97. The first-order valence-corrected chi connectivity index (χ1v) is 6.68. The van der Waals surface area contributed by atoms with Gasteiger partial charge in [0.05, 0.1) is 12.0 Å². The van der Waals surface area contributed by atoms with Crippen LogP contribution < -0.4 is 5.32 Å². The van der Waals surface area contributed by atoms with Crippen molar-refractivity contribution in [2.24, 2.45) is 0 Å². The molecule has 19 heavy (non-hydrogen) atoms. The van der Waals surface area contributed by atoms with Crippen molar-refractivity contribution in [1.29, 1.82) is 0 Å². The third-order valence-corrected chi connectivity index (χ3v) is 4.36. The van der Waals surface area contributed by atoms with Crippen LogP contribution in [0.4, 0.5) is 0 Å². The molecule has 0 radical (unpaired) electrons. The summed E-state index contributed by atoms with van der Waals surface area (Å²) in [7, 11) is 0. The topological polar surface area (TPSA) is 29.1 Å². The summed E-state index contributed by atoms with van der Waals surface area (Å²) in [5.74, 6) is 0.145. The van der Waals surface area contributed by atoms with E-state index in [2.05, 4.69) is 54.7 Å². The van der Waals surface area contributed by atoms with Gasteiger partial charge in [0.2, 0.25) is 5.91 Å². The Morgan fingerprint density at radius 1 is 1.05 bits per heavy atom. The van der Waals surface area contributed by atoms with Gasteiger partial charge in [-0.25, -0.2) is 0 Å². The van der Waals surface area contributed by atoms with Crippen LogP contribution >= 0.6 is 0 Å². The molecule has 0 saturated carbocycles. The van der Waals surface area contributed by atoms with Gasteiger partial charge >= 0.3 is 0 Å². The minimum Gasteiger partial charge on any atom is -0.346 e. The van der Waals surface area contributed by atoms with Crippen LogP contribution in [0.5, 0.6) is 0 Å². The number of fused-ring (bicyclic) bond motifs is 3. The lowest BCUT2D eigenvalue weighted by Gasteiger charge is -2.39. The predicted octanol–water partition coefficient (Wildman–Crippen LogP) is 2.99. The van der Waals surface area contributed by atoms with Gasteiger partial charge < -0.3 is 5.32 Å². The standard InChI is InChI=1S/C17H15NO/c1-17(10-16(19)18-17)13-6-7-15-12(9-13)8-11-4-2-3-5-14(11)15/h2-7,9H,8,10H2,1H3,(H,18,19). The summed E-state index contributed by atoms with van der Waals surface area (Å²) >= 11 is 0. The van der Waals surface area contributed by atoms with Crippen LogP contribution in [-0.4, -0.2) is 5.91 Å². The molecule has 94 valence electrons. The van der Waals surface area contributed by atoms with Crippen LogP contribution in [0.1, 0.15) is 30.0 Å². The number of benzene rings is 2. The molecule has 1 heterocycles. The average molecular weight is 249 g/mol. The fraction of sp³-hybridized carbons (Fsp3) is 0.235. The quantitative estimate of drug-likeness (QED) is 0.660. The molecule has 1 fully saturated rings. The Morgan fingerprint density at radius 2 is 1.79 bits per heavy atom. The van der Waals surface area contributed by atoms with E-state index < -0.39 is 0 Å². The maximum Gasteiger partial charge on any atom is 0.223 e. The normalized spacial score (nSPS) is 23.3. The summed E-state index contributed by atoms with van der Waals surface area (Å²) < 4.78 is 0. The Labute approximate surface area is 112 Å². The molecular weight excluding hydrogens is 234 g/mol. The zero-order valence-electron chi connectivity index (χ0n) is 10.9. The van der Waals surface area contributed by atoms with Gasteiger partial charge in [0.1, 0.15) is 0 Å². The molecule has 1 aliphatic heterocycles. The number of hydrogen-bond acceptors (Lipinski definition) is 1. The van der Waals surface area contributed by atoms with Crippen LogP contribution in [0.2, 0.25) is 0 Å². The van der Waals surface area contributed by atoms with Crippen molar-refractivity contribution in [3.63, 3.8) is 0 Å². The molecule has 1 N–H and O–H groups in total. The van der Waals surface area contributed by atoms with Crippen LogP contribution in [-0.2, 0) is 16.8 Å². The molecular formula is C17H15NO. The molecule has 1 saturated heterocycles. The molecule has 1 aliphatic carbocycles. The van der Waals surface area contributed by atoms with E-state index >= 15 is 0 Å². The lowest BCUT2D eigenvalue weighted by Crippen LogP contribution is -2.56. The van der Waals surface area contributed by atoms with Crippen molar-refractivity contribution in [3.8, 4) is 11.1 Å². The van der Waals surface area contributed by atoms with E-state index in [0.717, 1.165) is 6.42 Å². The molecule has 0 aromatic heterocycles. The van der Waals surface area contributed by atoms with Crippen LogP contribution in [0, 0.1) is 0 Å². The largest absolute Gasteiger partial charge is 0.346 e. The number of carbonyl (C=O) groups excluding carboxylic acids is 1. The van der Waals surface area contributed by atoms with E-state index in [1.54, 1.807) is 0 Å². The Morgan fingerprint density at radius 3 is 2.58 bits per heavy atom. The molecule has 4 rings (SSSR count). The number of β-lactam (4-membered cyclic amide) rings is 1. The van der Waals surface area contributed by atoms with Crippen LogP contribution in [0.25, 0.3) is 11.1 Å². The van der Waals surface area contributed by atoms with Gasteiger partial charge in [-0.05, 0) is 41.2 Å². The summed E-state index contributed by atoms with van der Waals surface area (Å²) in [4.78, 5) is 11.2. The maximum atomic E-state index is 11.2. The highest BCUT2D eigenvalue weighted by Crippen LogP contribution is 2.40. The van der Waals surface area contributed by atoms with Crippen molar-refractivity contribution >= 4 is 5.91 Å². The molecule has 0 spiro atoms. The second kappa shape index (κ2) is 3.47. The summed E-state index contributed by atoms with van der Waals surface area (Å²) in [5, 5.41) is 3.01. The lowest BCUT2D eigenvalue weighted by molar-refractivity contribution is -0.132. The molecule has 2 aliphatic rings. The molecule has 1 amide bonds. The fourth-order valence-electron chi connectivity index (χ4n) is 3.27. The minimum absolute atomic E-state index is 0.145. The third-order valence-electron chi connectivity index (χ3n) is 4.36. The summed E-state index contributed by atoms with van der Waals surface area (Å²) in [6.07, 6.45) is 1.60. The SMILES string of the molecule is CC1(c2ccc3c(c2)Cc2ccccc2-3)CC(=O)N1. The average Bonchev–Trinajstić information content (AvgIpc) is 2.74. The maximum absolute atomic E-state index is 11.2. The first kappa shape index (κ1) is 10.8. The summed E-state index contributed by atoms with van der Waals surface area (Å²) in [5.41, 5.74) is 6.53. The van der Waals surface area contributed by atoms with Gasteiger partial charge in [-0.3, -0.25) is 4.79 Å². The Bertz CT molecular complexity index is 694. The minimum atomic E-state index is -0.166. The fourth-order valence-corrected chi connectivity index (χ4v) is 3.27. The summed E-state index contributed by atoms with van der Waals surface area (Å²) in [6.45, 7) is 2.10. The molecule has 2 heteroatoms. The monoisotopic (exact) mass is 249 g/mol. The van der Waals surface area contributed by atoms with Gasteiger partial charge in [0.25, 0.3) is 0 Å². The van der Waals surface area contributed by atoms with Crippen molar-refractivity contribution in [1.82, 2.24) is 5.32 Å². The first-order valence-electron chi connectivity index (χ1n) is 6.68. The summed E-state index contributed by atoms with van der Waals surface area (Å²) in [6, 6.07) is 15.2.